The number of rotatable bonds is 2. The van der Waals surface area contributed by atoms with Gasteiger partial charge in [-0.15, -0.1) is 0 Å². The topological polar surface area (TPSA) is 61.8 Å². The van der Waals surface area contributed by atoms with Crippen molar-refractivity contribution in [2.45, 2.75) is 38.1 Å². The van der Waals surface area contributed by atoms with Gasteiger partial charge in [0.1, 0.15) is 17.2 Å². The maximum Gasteiger partial charge on any atom is 0.255 e. The van der Waals surface area contributed by atoms with E-state index in [1.165, 1.54) is 12.1 Å². The minimum Gasteiger partial charge on any atom is -0.326 e. The highest BCUT2D eigenvalue weighted by atomic mass is 19.1. The fourth-order valence-electron chi connectivity index (χ4n) is 3.35. The maximum atomic E-state index is 12.9. The van der Waals surface area contributed by atoms with Gasteiger partial charge in [-0.1, -0.05) is 0 Å². The molecule has 0 radical (unpaired) electrons. The van der Waals surface area contributed by atoms with E-state index in [-0.39, 0.29) is 23.5 Å². The Labute approximate surface area is 134 Å². The van der Waals surface area contributed by atoms with E-state index in [0.29, 0.717) is 31.4 Å². The standard InChI is InChI=1S/C17H20FN3O2/c1-11-20-17(16(23)21(11)2)9-7-12(8-10-17)15(22)19-14-5-3-13(18)4-6-14/h3-6,12H,7-10H2,1-2H3,(H,19,22). The monoisotopic (exact) mass is 317 g/mol. The second-order valence-corrected chi connectivity index (χ2v) is 6.33. The summed E-state index contributed by atoms with van der Waals surface area (Å²) in [6, 6.07) is 5.72. The normalized spacial score (nSPS) is 27.3. The molecule has 5 nitrogen and oxygen atoms in total. The van der Waals surface area contributed by atoms with E-state index in [1.54, 1.807) is 24.1 Å². The number of hydrogen-bond acceptors (Lipinski definition) is 3. The summed E-state index contributed by atoms with van der Waals surface area (Å²) in [6.07, 6.45) is 2.44. The van der Waals surface area contributed by atoms with Gasteiger partial charge in [0.25, 0.3) is 5.91 Å². The molecule has 0 unspecified atom stereocenters. The molecule has 122 valence electrons. The van der Waals surface area contributed by atoms with Crippen molar-refractivity contribution in [1.82, 2.24) is 4.90 Å². The van der Waals surface area contributed by atoms with Crippen LogP contribution in [0.2, 0.25) is 0 Å². The van der Waals surface area contributed by atoms with Crippen molar-refractivity contribution in [3.8, 4) is 0 Å². The van der Waals surface area contributed by atoms with E-state index in [4.69, 9.17) is 0 Å². The SMILES string of the molecule is CC1=NC2(CCC(C(=O)Nc3ccc(F)cc3)CC2)C(=O)N1C. The molecule has 6 heteroatoms. The van der Waals surface area contributed by atoms with Crippen molar-refractivity contribution in [2.75, 3.05) is 12.4 Å². The Bertz CT molecular complexity index is 661. The summed E-state index contributed by atoms with van der Waals surface area (Å²) in [4.78, 5) is 30.8. The van der Waals surface area contributed by atoms with Gasteiger partial charge < -0.3 is 10.2 Å². The fourth-order valence-corrected chi connectivity index (χ4v) is 3.35. The van der Waals surface area contributed by atoms with E-state index in [9.17, 15) is 14.0 Å². The highest BCUT2D eigenvalue weighted by Crippen LogP contribution is 2.39. The minimum absolute atomic E-state index is 0.0346. The number of amidine groups is 1. The number of likely N-dealkylation sites (N-methyl/N-ethyl adjacent to an activating group) is 1. The molecule has 1 aromatic carbocycles. The van der Waals surface area contributed by atoms with Crippen LogP contribution in [-0.4, -0.2) is 35.1 Å². The number of carbonyl (C=O) groups excluding carboxylic acids is 2. The Balaban J connectivity index is 1.62. The largest absolute Gasteiger partial charge is 0.326 e. The van der Waals surface area contributed by atoms with Gasteiger partial charge in [0.15, 0.2) is 0 Å². The zero-order valence-electron chi connectivity index (χ0n) is 13.3. The molecule has 1 spiro atoms. The predicted octanol–water partition coefficient (Wildman–Crippen LogP) is 2.58. The maximum absolute atomic E-state index is 12.9. The van der Waals surface area contributed by atoms with Crippen molar-refractivity contribution in [3.63, 3.8) is 0 Å². The van der Waals surface area contributed by atoms with Gasteiger partial charge >= 0.3 is 0 Å². The molecule has 0 atom stereocenters. The van der Waals surface area contributed by atoms with Crippen molar-refractivity contribution < 1.29 is 14.0 Å². The molecule has 1 fully saturated rings. The summed E-state index contributed by atoms with van der Waals surface area (Å²) in [5.41, 5.74) is -0.0758. The first kappa shape index (κ1) is 15.6. The third-order valence-electron chi connectivity index (χ3n) is 4.86. The second kappa shape index (κ2) is 5.76. The molecular formula is C17H20FN3O2. The molecular weight excluding hydrogens is 297 g/mol. The van der Waals surface area contributed by atoms with Crippen molar-refractivity contribution in [2.24, 2.45) is 10.9 Å². The van der Waals surface area contributed by atoms with Gasteiger partial charge in [0, 0.05) is 18.7 Å². The van der Waals surface area contributed by atoms with Crippen LogP contribution in [0.3, 0.4) is 0 Å². The molecule has 1 heterocycles. The van der Waals surface area contributed by atoms with E-state index < -0.39 is 5.54 Å². The molecule has 1 aliphatic heterocycles. The lowest BCUT2D eigenvalue weighted by molar-refractivity contribution is -0.133. The first-order valence-corrected chi connectivity index (χ1v) is 7.82. The molecule has 2 amide bonds. The predicted molar refractivity (Wildman–Crippen MR) is 85.6 cm³/mol. The number of anilines is 1. The summed E-state index contributed by atoms with van der Waals surface area (Å²) in [6.45, 7) is 1.83. The first-order valence-electron chi connectivity index (χ1n) is 7.82. The molecule has 0 aromatic heterocycles. The van der Waals surface area contributed by atoms with E-state index in [1.807, 2.05) is 6.92 Å². The Kier molecular flexibility index (Phi) is 3.92. The Morgan fingerprint density at radius 2 is 1.91 bits per heavy atom. The molecule has 23 heavy (non-hydrogen) atoms. The average Bonchev–Trinajstić information content (AvgIpc) is 2.74. The minimum atomic E-state index is -0.661. The third-order valence-corrected chi connectivity index (χ3v) is 4.86. The van der Waals surface area contributed by atoms with E-state index in [2.05, 4.69) is 10.3 Å². The van der Waals surface area contributed by atoms with Crippen molar-refractivity contribution in [1.29, 1.82) is 0 Å². The number of carbonyl (C=O) groups is 2. The lowest BCUT2D eigenvalue weighted by Gasteiger charge is -2.32. The lowest BCUT2D eigenvalue weighted by Crippen LogP contribution is -2.44. The Morgan fingerprint density at radius 3 is 2.43 bits per heavy atom. The van der Waals surface area contributed by atoms with Gasteiger partial charge in [-0.25, -0.2) is 4.39 Å². The Hall–Kier alpha value is -2.24. The van der Waals surface area contributed by atoms with Gasteiger partial charge in [-0.2, -0.15) is 0 Å². The van der Waals surface area contributed by atoms with E-state index in [0.717, 1.165) is 5.84 Å². The summed E-state index contributed by atoms with van der Waals surface area (Å²) in [5.74, 6) is 0.224. The number of nitrogens with one attached hydrogen (secondary N) is 1. The molecule has 1 aliphatic carbocycles. The average molecular weight is 317 g/mol. The number of halogens is 1. The molecule has 1 saturated carbocycles. The quantitative estimate of drug-likeness (QED) is 0.911. The highest BCUT2D eigenvalue weighted by molar-refractivity contribution is 6.07. The molecule has 0 saturated heterocycles. The summed E-state index contributed by atoms with van der Waals surface area (Å²) >= 11 is 0. The fraction of sp³-hybridized carbons (Fsp3) is 0.471. The van der Waals surface area contributed by atoms with Crippen LogP contribution in [0.15, 0.2) is 29.3 Å². The van der Waals surface area contributed by atoms with Crippen LogP contribution < -0.4 is 5.32 Å². The van der Waals surface area contributed by atoms with Crippen LogP contribution in [0.4, 0.5) is 10.1 Å². The zero-order valence-corrected chi connectivity index (χ0v) is 13.3. The molecule has 3 rings (SSSR count). The van der Waals surface area contributed by atoms with Crippen LogP contribution >= 0.6 is 0 Å². The van der Waals surface area contributed by atoms with Crippen molar-refractivity contribution >= 4 is 23.3 Å². The van der Waals surface area contributed by atoms with Gasteiger partial charge in [-0.05, 0) is 56.9 Å². The van der Waals surface area contributed by atoms with Crippen LogP contribution in [0.1, 0.15) is 32.6 Å². The lowest BCUT2D eigenvalue weighted by atomic mass is 9.76. The third kappa shape index (κ3) is 2.85. The Morgan fingerprint density at radius 1 is 1.30 bits per heavy atom. The summed E-state index contributed by atoms with van der Waals surface area (Å²) in [5, 5.41) is 2.81. The van der Waals surface area contributed by atoms with Crippen molar-refractivity contribution in [3.05, 3.63) is 30.1 Å². The highest BCUT2D eigenvalue weighted by Gasteiger charge is 2.48. The van der Waals surface area contributed by atoms with Crippen LogP contribution in [-0.2, 0) is 9.59 Å². The van der Waals surface area contributed by atoms with Crippen LogP contribution in [0.25, 0.3) is 0 Å². The number of hydrogen-bond donors (Lipinski definition) is 1. The second-order valence-electron chi connectivity index (χ2n) is 6.33. The van der Waals surface area contributed by atoms with Gasteiger partial charge in [0.2, 0.25) is 5.91 Å². The van der Waals surface area contributed by atoms with E-state index >= 15 is 0 Å². The zero-order chi connectivity index (χ0) is 16.6. The smallest absolute Gasteiger partial charge is 0.255 e. The number of aliphatic imine (C=N–C) groups is 1. The summed E-state index contributed by atoms with van der Waals surface area (Å²) in [7, 11) is 1.74. The molecule has 0 bridgehead atoms. The first-order chi connectivity index (χ1) is 10.9. The molecule has 2 aliphatic rings. The number of nitrogens with zero attached hydrogens (tertiary/aromatic N) is 2. The van der Waals surface area contributed by atoms with Gasteiger partial charge in [-0.3, -0.25) is 14.6 Å². The van der Waals surface area contributed by atoms with Crippen LogP contribution in [0, 0.1) is 11.7 Å². The summed E-state index contributed by atoms with van der Waals surface area (Å²) < 4.78 is 12.9. The number of amides is 2. The number of benzene rings is 1. The molecule has 1 aromatic rings. The van der Waals surface area contributed by atoms with Gasteiger partial charge in [0.05, 0.1) is 0 Å². The molecule has 1 N–H and O–H groups in total. The van der Waals surface area contributed by atoms with Crippen LogP contribution in [0.5, 0.6) is 0 Å².